The summed E-state index contributed by atoms with van der Waals surface area (Å²) >= 11 is 1.79. The van der Waals surface area contributed by atoms with Crippen LogP contribution in [0.1, 0.15) is 16.1 Å². The third-order valence-corrected chi connectivity index (χ3v) is 5.07. The molecule has 112 valence electrons. The number of pyridine rings is 1. The maximum atomic E-state index is 5.61. The molecule has 0 saturated carbocycles. The number of anilines is 2. The quantitative estimate of drug-likeness (QED) is 0.939. The topological polar surface area (TPSA) is 58.3 Å². The zero-order valence-electron chi connectivity index (χ0n) is 12.5. The Labute approximate surface area is 129 Å². The lowest BCUT2D eigenvalue weighted by Crippen LogP contribution is -2.46. The SMILES string of the molecule is Cc1nc(N2CCN(c3ccc(CN)cn3)CC2)sc1C. The fourth-order valence-corrected chi connectivity index (χ4v) is 3.40. The molecule has 1 fully saturated rings. The molecule has 0 atom stereocenters. The molecule has 2 N–H and O–H groups in total. The van der Waals surface area contributed by atoms with E-state index in [1.807, 2.05) is 6.20 Å². The first-order valence-electron chi connectivity index (χ1n) is 7.26. The molecule has 3 heterocycles. The lowest BCUT2D eigenvalue weighted by atomic mass is 10.2. The fraction of sp³-hybridized carbons (Fsp3) is 0.467. The number of hydrogen-bond acceptors (Lipinski definition) is 6. The van der Waals surface area contributed by atoms with Crippen molar-refractivity contribution in [3.8, 4) is 0 Å². The largest absolute Gasteiger partial charge is 0.353 e. The predicted octanol–water partition coefficient (Wildman–Crippen LogP) is 1.94. The lowest BCUT2D eigenvalue weighted by Gasteiger charge is -2.35. The first kappa shape index (κ1) is 14.3. The van der Waals surface area contributed by atoms with E-state index in [2.05, 4.69) is 45.7 Å². The third-order valence-electron chi connectivity index (χ3n) is 3.94. The number of aryl methyl sites for hydroxylation is 2. The standard InChI is InChI=1S/C15H21N5S/c1-11-12(2)21-15(18-11)20-7-5-19(6-8-20)14-4-3-13(9-16)10-17-14/h3-4,10H,5-9,16H2,1-2H3. The van der Waals surface area contributed by atoms with E-state index in [1.54, 1.807) is 11.3 Å². The molecule has 6 heteroatoms. The van der Waals surface area contributed by atoms with Crippen LogP contribution in [0, 0.1) is 13.8 Å². The Morgan fingerprint density at radius 3 is 2.38 bits per heavy atom. The number of aromatic nitrogens is 2. The highest BCUT2D eigenvalue weighted by atomic mass is 32.1. The minimum absolute atomic E-state index is 0.545. The van der Waals surface area contributed by atoms with Gasteiger partial charge < -0.3 is 15.5 Å². The number of thiazole rings is 1. The molecule has 2 aromatic heterocycles. The molecule has 0 unspecified atom stereocenters. The Bertz CT molecular complexity index is 580. The normalized spacial score (nSPS) is 15.6. The fourth-order valence-electron chi connectivity index (χ4n) is 2.44. The van der Waals surface area contributed by atoms with Gasteiger partial charge in [0.2, 0.25) is 0 Å². The molecule has 1 aliphatic rings. The second kappa shape index (κ2) is 5.99. The highest BCUT2D eigenvalue weighted by Gasteiger charge is 2.20. The van der Waals surface area contributed by atoms with E-state index in [1.165, 1.54) is 4.88 Å². The van der Waals surface area contributed by atoms with E-state index in [0.29, 0.717) is 6.54 Å². The van der Waals surface area contributed by atoms with Crippen LogP contribution < -0.4 is 15.5 Å². The predicted molar refractivity (Wildman–Crippen MR) is 88.1 cm³/mol. The van der Waals surface area contributed by atoms with Crippen LogP contribution in [-0.2, 0) is 6.54 Å². The summed E-state index contributed by atoms with van der Waals surface area (Å²) in [5.74, 6) is 1.04. The van der Waals surface area contributed by atoms with Crippen LogP contribution in [0.5, 0.6) is 0 Å². The van der Waals surface area contributed by atoms with Gasteiger partial charge in [0.1, 0.15) is 5.82 Å². The zero-order valence-corrected chi connectivity index (χ0v) is 13.4. The summed E-state index contributed by atoms with van der Waals surface area (Å²) in [6.07, 6.45) is 1.87. The Balaban J connectivity index is 1.64. The van der Waals surface area contributed by atoms with Crippen LogP contribution in [0.3, 0.4) is 0 Å². The molecule has 0 aromatic carbocycles. The summed E-state index contributed by atoms with van der Waals surface area (Å²) in [7, 11) is 0. The zero-order chi connectivity index (χ0) is 14.8. The summed E-state index contributed by atoms with van der Waals surface area (Å²) in [5.41, 5.74) is 7.83. The van der Waals surface area contributed by atoms with Crippen molar-refractivity contribution in [3.63, 3.8) is 0 Å². The van der Waals surface area contributed by atoms with Gasteiger partial charge in [-0.25, -0.2) is 9.97 Å². The molecule has 21 heavy (non-hydrogen) atoms. The Kier molecular flexibility index (Phi) is 4.07. The van der Waals surface area contributed by atoms with Gasteiger partial charge in [0.05, 0.1) is 5.69 Å². The lowest BCUT2D eigenvalue weighted by molar-refractivity contribution is 0.645. The maximum absolute atomic E-state index is 5.61. The number of rotatable bonds is 3. The number of nitrogens with zero attached hydrogens (tertiary/aromatic N) is 4. The number of piperazine rings is 1. The average Bonchev–Trinajstić information content (AvgIpc) is 2.87. The number of nitrogens with two attached hydrogens (primary N) is 1. The molecule has 0 amide bonds. The molecule has 3 rings (SSSR count). The van der Waals surface area contributed by atoms with Gasteiger partial charge in [0.15, 0.2) is 5.13 Å². The van der Waals surface area contributed by atoms with Gasteiger partial charge in [-0.2, -0.15) is 0 Å². The first-order chi connectivity index (χ1) is 10.2. The monoisotopic (exact) mass is 303 g/mol. The summed E-state index contributed by atoms with van der Waals surface area (Å²) in [4.78, 5) is 15.2. The van der Waals surface area contributed by atoms with Crippen molar-refractivity contribution in [2.24, 2.45) is 5.73 Å². The average molecular weight is 303 g/mol. The van der Waals surface area contributed by atoms with Crippen molar-refractivity contribution in [2.75, 3.05) is 36.0 Å². The molecular formula is C15H21N5S. The smallest absolute Gasteiger partial charge is 0.185 e. The molecule has 0 radical (unpaired) electrons. The van der Waals surface area contributed by atoms with Crippen molar-refractivity contribution in [3.05, 3.63) is 34.5 Å². The van der Waals surface area contributed by atoms with E-state index in [0.717, 1.165) is 48.4 Å². The maximum Gasteiger partial charge on any atom is 0.185 e. The van der Waals surface area contributed by atoms with Gasteiger partial charge in [0.25, 0.3) is 0 Å². The van der Waals surface area contributed by atoms with Gasteiger partial charge in [-0.15, -0.1) is 11.3 Å². The van der Waals surface area contributed by atoms with Crippen LogP contribution in [0.2, 0.25) is 0 Å². The highest BCUT2D eigenvalue weighted by molar-refractivity contribution is 7.15. The third kappa shape index (κ3) is 3.01. The van der Waals surface area contributed by atoms with Gasteiger partial charge in [-0.1, -0.05) is 6.07 Å². The van der Waals surface area contributed by atoms with Crippen molar-refractivity contribution in [1.29, 1.82) is 0 Å². The molecule has 0 bridgehead atoms. The molecule has 2 aromatic rings. The summed E-state index contributed by atoms with van der Waals surface area (Å²) in [6.45, 7) is 8.70. The molecule has 0 aliphatic carbocycles. The molecule has 1 saturated heterocycles. The minimum atomic E-state index is 0.545. The number of hydrogen-bond donors (Lipinski definition) is 1. The molecular weight excluding hydrogens is 282 g/mol. The molecule has 5 nitrogen and oxygen atoms in total. The van der Waals surface area contributed by atoms with Crippen LogP contribution in [0.25, 0.3) is 0 Å². The van der Waals surface area contributed by atoms with E-state index in [-0.39, 0.29) is 0 Å². The molecule has 1 aliphatic heterocycles. The van der Waals surface area contributed by atoms with E-state index >= 15 is 0 Å². The van der Waals surface area contributed by atoms with Gasteiger partial charge in [-0.3, -0.25) is 0 Å². The Morgan fingerprint density at radius 1 is 1.14 bits per heavy atom. The van der Waals surface area contributed by atoms with E-state index in [9.17, 15) is 0 Å². The second-order valence-electron chi connectivity index (χ2n) is 5.34. The van der Waals surface area contributed by atoms with Crippen LogP contribution >= 0.6 is 11.3 Å². The van der Waals surface area contributed by atoms with Crippen molar-refractivity contribution in [2.45, 2.75) is 20.4 Å². The van der Waals surface area contributed by atoms with Crippen molar-refractivity contribution < 1.29 is 0 Å². The first-order valence-corrected chi connectivity index (χ1v) is 8.08. The van der Waals surface area contributed by atoms with Crippen LogP contribution in [0.15, 0.2) is 18.3 Å². The van der Waals surface area contributed by atoms with Crippen LogP contribution in [0.4, 0.5) is 10.9 Å². The van der Waals surface area contributed by atoms with Gasteiger partial charge in [-0.05, 0) is 25.5 Å². The molecule has 0 spiro atoms. The highest BCUT2D eigenvalue weighted by Crippen LogP contribution is 2.26. The van der Waals surface area contributed by atoms with Gasteiger partial charge in [0, 0.05) is 43.8 Å². The Morgan fingerprint density at radius 2 is 1.86 bits per heavy atom. The summed E-state index contributed by atoms with van der Waals surface area (Å²) < 4.78 is 0. The van der Waals surface area contributed by atoms with Crippen molar-refractivity contribution >= 4 is 22.3 Å². The van der Waals surface area contributed by atoms with Crippen molar-refractivity contribution in [1.82, 2.24) is 9.97 Å². The van der Waals surface area contributed by atoms with E-state index in [4.69, 9.17) is 5.73 Å². The van der Waals surface area contributed by atoms with E-state index < -0.39 is 0 Å². The Hall–Kier alpha value is -1.66. The summed E-state index contributed by atoms with van der Waals surface area (Å²) in [6, 6.07) is 4.12. The minimum Gasteiger partial charge on any atom is -0.353 e. The van der Waals surface area contributed by atoms with Crippen LogP contribution in [-0.4, -0.2) is 36.1 Å². The summed E-state index contributed by atoms with van der Waals surface area (Å²) in [5, 5.41) is 1.15. The van der Waals surface area contributed by atoms with Gasteiger partial charge >= 0.3 is 0 Å². The second-order valence-corrected chi connectivity index (χ2v) is 6.52.